The zero-order chi connectivity index (χ0) is 29.5. The average molecular weight is 628 g/mol. The van der Waals surface area contributed by atoms with Crippen molar-refractivity contribution in [2.45, 2.75) is 64.1 Å². The van der Waals surface area contributed by atoms with Gasteiger partial charge in [0.15, 0.2) is 5.82 Å². The number of aromatic amines is 1. The number of halogens is 2. The van der Waals surface area contributed by atoms with Gasteiger partial charge in [-0.2, -0.15) is 10.2 Å². The highest BCUT2D eigenvalue weighted by Gasteiger charge is 2.50. The van der Waals surface area contributed by atoms with E-state index in [2.05, 4.69) is 55.7 Å². The Morgan fingerprint density at radius 3 is 2.42 bits per heavy atom. The molecule has 3 aromatic rings. The molecule has 2 N–H and O–H groups in total. The van der Waals surface area contributed by atoms with Crippen LogP contribution in [-0.2, 0) is 4.74 Å². The zero-order valence-corrected chi connectivity index (χ0v) is 27.1. The Hall–Kier alpha value is -1.88. The molecule has 4 saturated heterocycles. The van der Waals surface area contributed by atoms with Crippen molar-refractivity contribution >= 4 is 39.9 Å². The predicted molar refractivity (Wildman–Crippen MR) is 172 cm³/mol. The van der Waals surface area contributed by atoms with Crippen LogP contribution < -0.4 is 10.2 Å². The molecule has 0 radical (unpaired) electrons. The fourth-order valence-electron chi connectivity index (χ4n) is 8.69. The number of anilines is 1. The summed E-state index contributed by atoms with van der Waals surface area (Å²) in [6.07, 6.45) is 6.53. The summed E-state index contributed by atoms with van der Waals surface area (Å²) in [5.74, 6) is 1.71. The van der Waals surface area contributed by atoms with E-state index in [0.29, 0.717) is 33.5 Å². The van der Waals surface area contributed by atoms with Gasteiger partial charge in [0, 0.05) is 80.1 Å². The number of ether oxygens (including phenoxy) is 1. The molecular formula is C32H44Cl2N8O. The van der Waals surface area contributed by atoms with Gasteiger partial charge in [0.2, 0.25) is 0 Å². The Kier molecular flexibility index (Phi) is 7.04. The molecule has 1 atom stereocenters. The number of benzene rings is 1. The van der Waals surface area contributed by atoms with Crippen molar-refractivity contribution in [3.8, 4) is 11.1 Å². The molecule has 1 spiro atoms. The van der Waals surface area contributed by atoms with Crippen LogP contribution in [0.2, 0.25) is 10.0 Å². The number of hydrogen-bond acceptors (Lipinski definition) is 7. The summed E-state index contributed by atoms with van der Waals surface area (Å²) >= 11 is 13.8. The van der Waals surface area contributed by atoms with Crippen LogP contribution in [0.3, 0.4) is 0 Å². The molecule has 5 fully saturated rings. The molecule has 5 aliphatic rings. The first-order valence-electron chi connectivity index (χ1n) is 16.1. The molecule has 2 aromatic heterocycles. The monoisotopic (exact) mass is 626 g/mol. The van der Waals surface area contributed by atoms with Gasteiger partial charge in [-0.15, -0.1) is 0 Å². The third-order valence-corrected chi connectivity index (χ3v) is 12.1. The first-order valence-corrected chi connectivity index (χ1v) is 16.9. The second-order valence-corrected chi connectivity index (χ2v) is 15.4. The number of H-pyrrole nitrogens is 1. The van der Waals surface area contributed by atoms with E-state index in [-0.39, 0.29) is 5.54 Å². The first kappa shape index (κ1) is 28.6. The molecule has 232 valence electrons. The van der Waals surface area contributed by atoms with Crippen molar-refractivity contribution in [2.75, 3.05) is 70.5 Å². The van der Waals surface area contributed by atoms with Crippen molar-refractivity contribution in [3.05, 3.63) is 28.0 Å². The van der Waals surface area contributed by atoms with E-state index in [0.717, 1.165) is 99.7 Å². The van der Waals surface area contributed by atoms with Crippen molar-refractivity contribution in [1.82, 2.24) is 35.1 Å². The Balaban J connectivity index is 1.08. The van der Waals surface area contributed by atoms with Crippen LogP contribution in [0.5, 0.6) is 0 Å². The van der Waals surface area contributed by atoms with Gasteiger partial charge < -0.3 is 19.9 Å². The lowest BCUT2D eigenvalue weighted by Crippen LogP contribution is -2.60. The van der Waals surface area contributed by atoms with E-state index >= 15 is 0 Å². The fourth-order valence-corrected chi connectivity index (χ4v) is 9.14. The lowest BCUT2D eigenvalue weighted by atomic mass is 9.61. The highest BCUT2D eigenvalue weighted by molar-refractivity contribution is 6.45. The van der Waals surface area contributed by atoms with Gasteiger partial charge in [0.1, 0.15) is 0 Å². The zero-order valence-electron chi connectivity index (χ0n) is 25.6. The average Bonchev–Trinajstić information content (AvgIpc) is 3.47. The number of rotatable bonds is 6. The molecule has 1 saturated carbocycles. The summed E-state index contributed by atoms with van der Waals surface area (Å²) in [5, 5.41) is 18.5. The van der Waals surface area contributed by atoms with Crippen LogP contribution in [0.1, 0.15) is 51.3 Å². The number of hydrogen-bond donors (Lipinski definition) is 2. The number of nitrogens with one attached hydrogen (secondary N) is 2. The minimum absolute atomic E-state index is 0.0479. The second kappa shape index (κ2) is 10.6. The maximum Gasteiger partial charge on any atom is 0.159 e. The normalized spacial score (nSPS) is 26.5. The number of piperidine rings is 1. The van der Waals surface area contributed by atoms with Gasteiger partial charge in [-0.1, -0.05) is 23.2 Å². The molecule has 1 aliphatic carbocycles. The Morgan fingerprint density at radius 1 is 1.00 bits per heavy atom. The highest BCUT2D eigenvalue weighted by atomic mass is 35.5. The van der Waals surface area contributed by atoms with Crippen LogP contribution in [0.25, 0.3) is 22.0 Å². The number of fused-ring (bicyclic) bond motifs is 1. The largest absolute Gasteiger partial charge is 0.378 e. The molecule has 0 amide bonds. The highest BCUT2D eigenvalue weighted by Crippen LogP contribution is 2.54. The molecular weight excluding hydrogens is 583 g/mol. The van der Waals surface area contributed by atoms with E-state index in [1.54, 1.807) is 0 Å². The summed E-state index contributed by atoms with van der Waals surface area (Å²) in [4.78, 5) is 7.88. The van der Waals surface area contributed by atoms with E-state index < -0.39 is 0 Å². The van der Waals surface area contributed by atoms with Crippen LogP contribution >= 0.6 is 23.2 Å². The first-order chi connectivity index (χ1) is 20.7. The van der Waals surface area contributed by atoms with E-state index in [1.165, 1.54) is 25.1 Å². The van der Waals surface area contributed by atoms with E-state index in [9.17, 15) is 0 Å². The van der Waals surface area contributed by atoms with Gasteiger partial charge in [-0.05, 0) is 63.9 Å². The van der Waals surface area contributed by atoms with Gasteiger partial charge in [0.05, 0.1) is 47.1 Å². The predicted octanol–water partition coefficient (Wildman–Crippen LogP) is 4.98. The van der Waals surface area contributed by atoms with Gasteiger partial charge >= 0.3 is 0 Å². The molecule has 8 rings (SSSR count). The van der Waals surface area contributed by atoms with Crippen molar-refractivity contribution in [1.29, 1.82) is 0 Å². The van der Waals surface area contributed by atoms with Crippen LogP contribution in [0.4, 0.5) is 5.82 Å². The number of piperazine rings is 1. The third kappa shape index (κ3) is 4.81. The maximum atomic E-state index is 7.05. The van der Waals surface area contributed by atoms with Gasteiger partial charge in [0.25, 0.3) is 0 Å². The Morgan fingerprint density at radius 2 is 1.77 bits per heavy atom. The molecule has 43 heavy (non-hydrogen) atoms. The number of nitrogens with zero attached hydrogens (tertiary/aromatic N) is 6. The van der Waals surface area contributed by atoms with Crippen LogP contribution in [0.15, 0.2) is 12.3 Å². The fraction of sp³-hybridized carbons (Fsp3) is 0.688. The molecule has 6 heterocycles. The molecule has 1 aromatic carbocycles. The second-order valence-electron chi connectivity index (χ2n) is 14.6. The third-order valence-electron chi connectivity index (χ3n) is 11.3. The molecule has 4 aliphatic heterocycles. The standard InChI is InChI=1S/C32H44Cl2N8O/c1-20-27(28-24-14-36-37-26(24)10-25(33)29(28)34)30(38-42(20)22-12-32(13-22)18-35-19-32)41-5-4-21(11-31(41,2)3)15-39-6-8-40(9-7-39)23-16-43-17-23/h10,14,21-23,35H,4-9,11-13,15-19H2,1-3H3,(H,36,37)/t21-/m1/s1. The smallest absolute Gasteiger partial charge is 0.159 e. The van der Waals surface area contributed by atoms with E-state index in [1.807, 2.05) is 12.3 Å². The van der Waals surface area contributed by atoms with Crippen LogP contribution in [-0.4, -0.2) is 107 Å². The van der Waals surface area contributed by atoms with Crippen molar-refractivity contribution in [3.63, 3.8) is 0 Å². The molecule has 0 unspecified atom stereocenters. The Bertz CT molecular complexity index is 1510. The molecule has 11 heteroatoms. The van der Waals surface area contributed by atoms with E-state index in [4.69, 9.17) is 33.0 Å². The molecule has 9 nitrogen and oxygen atoms in total. The minimum Gasteiger partial charge on any atom is -0.378 e. The Labute approximate surface area is 264 Å². The summed E-state index contributed by atoms with van der Waals surface area (Å²) in [6.45, 7) is 17.9. The number of aromatic nitrogens is 4. The summed E-state index contributed by atoms with van der Waals surface area (Å²) in [6, 6.07) is 2.94. The summed E-state index contributed by atoms with van der Waals surface area (Å²) < 4.78 is 7.74. The lowest BCUT2D eigenvalue weighted by molar-refractivity contribution is -0.0779. The lowest BCUT2D eigenvalue weighted by Gasteiger charge is -2.54. The SMILES string of the molecule is Cc1c(-c2c(Cl)c(Cl)cc3[nH]ncc23)c(N2CC[C@@H](CN3CCN(C4COC4)CC3)CC2(C)C)nn1C1CC2(CNC2)C1. The topological polar surface area (TPSA) is 77.5 Å². The summed E-state index contributed by atoms with van der Waals surface area (Å²) in [7, 11) is 0. The van der Waals surface area contributed by atoms with Gasteiger partial charge in [-0.25, -0.2) is 0 Å². The quantitative estimate of drug-likeness (QED) is 0.400. The van der Waals surface area contributed by atoms with Crippen molar-refractivity contribution in [2.24, 2.45) is 11.3 Å². The van der Waals surface area contributed by atoms with Crippen molar-refractivity contribution < 1.29 is 4.74 Å². The summed E-state index contributed by atoms with van der Waals surface area (Å²) in [5.41, 5.74) is 4.53. The molecule has 0 bridgehead atoms. The maximum absolute atomic E-state index is 7.05. The minimum atomic E-state index is -0.0479. The van der Waals surface area contributed by atoms with Crippen LogP contribution in [0, 0.1) is 18.3 Å². The van der Waals surface area contributed by atoms with Gasteiger partial charge in [-0.3, -0.25) is 14.7 Å².